The molecule has 26 heavy (non-hydrogen) atoms. The van der Waals surface area contributed by atoms with E-state index in [1.165, 1.54) is 43.4 Å². The number of aromatic hydroxyl groups is 1. The Labute approximate surface area is 155 Å². The van der Waals surface area contributed by atoms with Crippen LogP contribution in [0.25, 0.3) is 11.3 Å². The number of benzene rings is 1. The van der Waals surface area contributed by atoms with Crippen LogP contribution < -0.4 is 5.32 Å². The van der Waals surface area contributed by atoms with E-state index >= 15 is 0 Å². The minimum absolute atomic E-state index is 0.317. The average Bonchev–Trinajstić information content (AvgIpc) is 2.62. The largest absolute Gasteiger partial charge is 0.507 e. The summed E-state index contributed by atoms with van der Waals surface area (Å²) in [5.74, 6) is 1.14. The van der Waals surface area contributed by atoms with Crippen molar-refractivity contribution in [2.24, 2.45) is 0 Å². The first-order valence-corrected chi connectivity index (χ1v) is 9.74. The lowest BCUT2D eigenvalue weighted by Gasteiger charge is -2.30. The van der Waals surface area contributed by atoms with Gasteiger partial charge in [-0.25, -0.2) is 0 Å². The Morgan fingerprint density at radius 3 is 2.58 bits per heavy atom. The first-order valence-electron chi connectivity index (χ1n) is 9.74. The van der Waals surface area contributed by atoms with Gasteiger partial charge in [-0.3, -0.25) is 0 Å². The van der Waals surface area contributed by atoms with Gasteiger partial charge in [0.25, 0.3) is 0 Å². The summed E-state index contributed by atoms with van der Waals surface area (Å²) in [5.41, 5.74) is 5.25. The molecule has 138 valence electrons. The number of aryl methyl sites for hydroxylation is 3. The lowest BCUT2D eigenvalue weighted by Crippen LogP contribution is -2.39. The van der Waals surface area contributed by atoms with E-state index in [4.69, 9.17) is 0 Å². The third kappa shape index (κ3) is 3.54. The van der Waals surface area contributed by atoms with Crippen molar-refractivity contribution in [1.29, 1.82) is 0 Å². The van der Waals surface area contributed by atoms with Gasteiger partial charge in [0, 0.05) is 18.2 Å². The molecule has 0 unspecified atom stereocenters. The number of likely N-dealkylation sites (N-methyl/N-ethyl adjacent to an activating group) is 1. The van der Waals surface area contributed by atoms with Crippen LogP contribution >= 0.6 is 0 Å². The maximum atomic E-state index is 10.5. The summed E-state index contributed by atoms with van der Waals surface area (Å²) in [6, 6.07) is 6.51. The third-order valence-electron chi connectivity index (χ3n) is 5.68. The van der Waals surface area contributed by atoms with Gasteiger partial charge in [0.15, 0.2) is 0 Å². The first kappa shape index (κ1) is 17.3. The van der Waals surface area contributed by atoms with Crippen molar-refractivity contribution in [3.05, 3.63) is 34.9 Å². The van der Waals surface area contributed by atoms with Gasteiger partial charge in [-0.2, -0.15) is 0 Å². The lowest BCUT2D eigenvalue weighted by atomic mass is 9.89. The van der Waals surface area contributed by atoms with Gasteiger partial charge in [0.2, 0.25) is 0 Å². The molecule has 2 aromatic rings. The third-order valence-corrected chi connectivity index (χ3v) is 5.68. The van der Waals surface area contributed by atoms with Gasteiger partial charge in [0.05, 0.1) is 5.69 Å². The molecule has 1 aromatic heterocycles. The highest BCUT2D eigenvalue weighted by molar-refractivity contribution is 5.71. The minimum Gasteiger partial charge on any atom is -0.507 e. The van der Waals surface area contributed by atoms with E-state index in [1.54, 1.807) is 0 Å². The second kappa shape index (κ2) is 7.23. The molecule has 1 atom stereocenters. The van der Waals surface area contributed by atoms with Crippen LogP contribution in [-0.4, -0.2) is 46.4 Å². The van der Waals surface area contributed by atoms with Gasteiger partial charge in [-0.1, -0.05) is 0 Å². The number of rotatable bonds is 3. The Morgan fingerprint density at radius 2 is 1.85 bits per heavy atom. The molecule has 0 spiro atoms. The zero-order valence-electron chi connectivity index (χ0n) is 15.8. The van der Waals surface area contributed by atoms with E-state index in [9.17, 15) is 5.11 Å². The number of hydrogen-bond donors (Lipinski definition) is 2. The van der Waals surface area contributed by atoms with Crippen LogP contribution in [0.4, 0.5) is 5.82 Å². The Bertz CT molecular complexity index is 805. The van der Waals surface area contributed by atoms with Gasteiger partial charge in [-0.15, -0.1) is 10.2 Å². The summed E-state index contributed by atoms with van der Waals surface area (Å²) in [5, 5.41) is 22.9. The van der Waals surface area contributed by atoms with Crippen LogP contribution in [0.15, 0.2) is 18.2 Å². The molecule has 0 amide bonds. The number of anilines is 1. The van der Waals surface area contributed by atoms with Crippen molar-refractivity contribution < 1.29 is 5.11 Å². The number of nitrogens with one attached hydrogen (secondary N) is 1. The highest BCUT2D eigenvalue weighted by Crippen LogP contribution is 2.35. The molecular weight excluding hydrogens is 324 g/mol. The monoisotopic (exact) mass is 352 g/mol. The summed E-state index contributed by atoms with van der Waals surface area (Å²) < 4.78 is 0. The average molecular weight is 352 g/mol. The molecule has 4 rings (SSSR count). The van der Waals surface area contributed by atoms with Crippen LogP contribution in [0, 0.1) is 6.92 Å². The molecular formula is C21H28N4O. The maximum absolute atomic E-state index is 10.5. The van der Waals surface area contributed by atoms with Gasteiger partial charge in [-0.05, 0) is 93.9 Å². The van der Waals surface area contributed by atoms with E-state index < -0.39 is 0 Å². The second-order valence-electron chi connectivity index (χ2n) is 7.85. The van der Waals surface area contributed by atoms with Crippen molar-refractivity contribution in [3.63, 3.8) is 0 Å². The van der Waals surface area contributed by atoms with Gasteiger partial charge >= 0.3 is 0 Å². The lowest BCUT2D eigenvalue weighted by molar-refractivity contribution is 0.260. The smallest absolute Gasteiger partial charge is 0.149 e. The molecule has 0 radical (unpaired) electrons. The normalized spacial score (nSPS) is 20.6. The highest BCUT2D eigenvalue weighted by atomic mass is 16.3. The predicted octanol–water partition coefficient (Wildman–Crippen LogP) is 3.54. The number of phenols is 1. The van der Waals surface area contributed by atoms with E-state index in [2.05, 4.69) is 39.6 Å². The molecule has 1 aromatic carbocycles. The molecule has 5 heteroatoms. The fraction of sp³-hybridized carbons (Fsp3) is 0.524. The molecule has 1 saturated heterocycles. The van der Waals surface area contributed by atoms with Crippen LogP contribution in [0.1, 0.15) is 42.4 Å². The van der Waals surface area contributed by atoms with Gasteiger partial charge in [0.1, 0.15) is 11.6 Å². The fourth-order valence-corrected chi connectivity index (χ4v) is 4.28. The Balaban J connectivity index is 1.58. The Hall–Kier alpha value is -2.14. The van der Waals surface area contributed by atoms with Crippen LogP contribution in [0.5, 0.6) is 5.75 Å². The standard InChI is InChI=1S/C21H28N4O/c1-14-10-20(22-17-8-5-9-25(2)13-17)23-24-21(14)18-11-15-6-3-4-7-16(15)12-19(18)26/h10-12,17,26H,3-9,13H2,1-2H3,(H,22,23)/t17-/m1/s1. The van der Waals surface area contributed by atoms with Crippen molar-refractivity contribution in [3.8, 4) is 17.0 Å². The molecule has 2 N–H and O–H groups in total. The van der Waals surface area contributed by atoms with E-state index in [0.717, 1.165) is 42.0 Å². The van der Waals surface area contributed by atoms with Crippen LogP contribution in [0.2, 0.25) is 0 Å². The summed E-state index contributed by atoms with van der Waals surface area (Å²) in [6.07, 6.45) is 6.96. The van der Waals surface area contributed by atoms with Crippen molar-refractivity contribution in [1.82, 2.24) is 15.1 Å². The number of aromatic nitrogens is 2. The topological polar surface area (TPSA) is 61.3 Å². The van der Waals surface area contributed by atoms with E-state index in [0.29, 0.717) is 11.8 Å². The van der Waals surface area contributed by atoms with Gasteiger partial charge < -0.3 is 15.3 Å². The molecule has 0 bridgehead atoms. The molecule has 1 fully saturated rings. The summed E-state index contributed by atoms with van der Waals surface area (Å²) in [7, 11) is 2.16. The van der Waals surface area contributed by atoms with Crippen molar-refractivity contribution in [2.75, 3.05) is 25.5 Å². The highest BCUT2D eigenvalue weighted by Gasteiger charge is 2.19. The fourth-order valence-electron chi connectivity index (χ4n) is 4.28. The van der Waals surface area contributed by atoms with Crippen molar-refractivity contribution >= 4 is 5.82 Å². The molecule has 2 heterocycles. The zero-order valence-corrected chi connectivity index (χ0v) is 15.8. The number of likely N-dealkylation sites (tertiary alicyclic amines) is 1. The Morgan fingerprint density at radius 1 is 1.08 bits per heavy atom. The number of hydrogen-bond acceptors (Lipinski definition) is 5. The maximum Gasteiger partial charge on any atom is 0.149 e. The number of piperidine rings is 1. The SMILES string of the molecule is Cc1cc(N[C@@H]2CCCN(C)C2)nnc1-c1cc2c(cc1O)CCCC2. The van der Waals surface area contributed by atoms with Crippen molar-refractivity contribution in [2.45, 2.75) is 51.5 Å². The number of nitrogens with zero attached hydrogens (tertiary/aromatic N) is 3. The minimum atomic E-state index is 0.317. The molecule has 0 saturated carbocycles. The van der Waals surface area contributed by atoms with Crippen LogP contribution in [-0.2, 0) is 12.8 Å². The quantitative estimate of drug-likeness (QED) is 0.885. The molecule has 1 aliphatic carbocycles. The second-order valence-corrected chi connectivity index (χ2v) is 7.85. The predicted molar refractivity (Wildman–Crippen MR) is 105 cm³/mol. The van der Waals surface area contributed by atoms with E-state index in [-0.39, 0.29) is 0 Å². The summed E-state index contributed by atoms with van der Waals surface area (Å²) >= 11 is 0. The Kier molecular flexibility index (Phi) is 4.81. The summed E-state index contributed by atoms with van der Waals surface area (Å²) in [6.45, 7) is 4.24. The zero-order chi connectivity index (χ0) is 18.1. The first-order chi connectivity index (χ1) is 12.6. The molecule has 5 nitrogen and oxygen atoms in total. The van der Waals surface area contributed by atoms with E-state index in [1.807, 2.05) is 13.0 Å². The number of phenolic OH excluding ortho intramolecular Hbond substituents is 1. The number of fused-ring (bicyclic) bond motifs is 1. The summed E-state index contributed by atoms with van der Waals surface area (Å²) in [4.78, 5) is 2.35. The molecule has 2 aliphatic rings. The van der Waals surface area contributed by atoms with Crippen LogP contribution in [0.3, 0.4) is 0 Å². The molecule has 1 aliphatic heterocycles.